The molecule has 0 aromatic carbocycles. The van der Waals surface area contributed by atoms with Crippen LogP contribution in [0.4, 0.5) is 4.39 Å². The van der Waals surface area contributed by atoms with Crippen LogP contribution in [0, 0.1) is 0 Å². The Hall–Kier alpha value is -0.600. The summed E-state index contributed by atoms with van der Waals surface area (Å²) < 4.78 is 12.8. The number of rotatable bonds is 0. The molecule has 0 saturated carbocycles. The molecule has 1 atom stereocenters. The van der Waals surface area contributed by atoms with Gasteiger partial charge in [0.25, 0.3) is 0 Å². The van der Waals surface area contributed by atoms with Crippen molar-refractivity contribution in [3.63, 3.8) is 0 Å². The van der Waals surface area contributed by atoms with Gasteiger partial charge in [0.2, 0.25) is 0 Å². The number of hydrogen-bond donors (Lipinski definition) is 0. The van der Waals surface area contributed by atoms with E-state index in [9.17, 15) is 4.39 Å². The summed E-state index contributed by atoms with van der Waals surface area (Å²) in [5.74, 6) is 0. The molecular formula is C6H10FNO. The molecule has 1 aliphatic rings. The van der Waals surface area contributed by atoms with Crippen LogP contribution >= 0.6 is 0 Å². The van der Waals surface area contributed by atoms with Gasteiger partial charge in [-0.3, -0.25) is 0 Å². The van der Waals surface area contributed by atoms with E-state index in [1.165, 1.54) is 0 Å². The van der Waals surface area contributed by atoms with E-state index in [0.717, 1.165) is 0 Å². The fourth-order valence-corrected chi connectivity index (χ4v) is 0.785. The molecule has 0 saturated heterocycles. The highest BCUT2D eigenvalue weighted by molar-refractivity contribution is 5.88. The molecule has 0 N–H and O–H groups in total. The predicted octanol–water partition coefficient (Wildman–Crippen LogP) is 1.51. The second kappa shape index (κ2) is 1.69. The molecular weight excluding hydrogens is 121 g/mol. The molecule has 1 heterocycles. The summed E-state index contributed by atoms with van der Waals surface area (Å²) in [6, 6.07) is 0. The van der Waals surface area contributed by atoms with Crippen LogP contribution in [0.15, 0.2) is 5.16 Å². The van der Waals surface area contributed by atoms with Crippen LogP contribution < -0.4 is 0 Å². The molecule has 9 heavy (non-hydrogen) atoms. The van der Waals surface area contributed by atoms with Crippen LogP contribution in [0.5, 0.6) is 0 Å². The quantitative estimate of drug-likeness (QED) is 0.488. The molecule has 0 spiro atoms. The van der Waals surface area contributed by atoms with Crippen molar-refractivity contribution < 1.29 is 9.23 Å². The molecule has 2 nitrogen and oxygen atoms in total. The number of oxime groups is 1. The summed E-state index contributed by atoms with van der Waals surface area (Å²) >= 11 is 0. The van der Waals surface area contributed by atoms with Crippen molar-refractivity contribution in [2.45, 2.75) is 32.5 Å². The van der Waals surface area contributed by atoms with Crippen molar-refractivity contribution in [1.29, 1.82) is 0 Å². The number of halogens is 1. The first-order valence-corrected chi connectivity index (χ1v) is 2.91. The summed E-state index contributed by atoms with van der Waals surface area (Å²) in [4.78, 5) is 4.78. The molecule has 1 rings (SSSR count). The molecule has 0 aromatic rings. The maximum atomic E-state index is 12.8. The van der Waals surface area contributed by atoms with Gasteiger partial charge < -0.3 is 4.84 Å². The topological polar surface area (TPSA) is 21.6 Å². The summed E-state index contributed by atoms with van der Waals surface area (Å²) in [7, 11) is 0. The number of alkyl halides is 1. The Balaban J connectivity index is 2.73. The number of nitrogens with zero attached hydrogens (tertiary/aromatic N) is 1. The van der Waals surface area contributed by atoms with Gasteiger partial charge in [0.1, 0.15) is 0 Å². The lowest BCUT2D eigenvalue weighted by Gasteiger charge is -2.17. The first-order valence-electron chi connectivity index (χ1n) is 2.91. The highest BCUT2D eigenvalue weighted by Crippen LogP contribution is 2.25. The van der Waals surface area contributed by atoms with Gasteiger partial charge in [-0.25, -0.2) is 4.39 Å². The Morgan fingerprint density at radius 3 is 2.33 bits per heavy atom. The molecule has 52 valence electrons. The molecule has 1 aliphatic heterocycles. The molecule has 3 heteroatoms. The van der Waals surface area contributed by atoms with Gasteiger partial charge >= 0.3 is 0 Å². The zero-order valence-electron chi connectivity index (χ0n) is 5.81. The van der Waals surface area contributed by atoms with E-state index >= 15 is 0 Å². The van der Waals surface area contributed by atoms with Crippen LogP contribution in [-0.4, -0.2) is 17.5 Å². The summed E-state index contributed by atoms with van der Waals surface area (Å²) in [6.07, 6.45) is -1.04. The Kier molecular flexibility index (Phi) is 1.22. The fraction of sp³-hybridized carbons (Fsp3) is 0.833. The van der Waals surface area contributed by atoms with Crippen molar-refractivity contribution >= 4 is 5.71 Å². The number of hydrogen-bond acceptors (Lipinski definition) is 2. The Labute approximate surface area is 53.7 Å². The van der Waals surface area contributed by atoms with Crippen LogP contribution in [0.3, 0.4) is 0 Å². The Morgan fingerprint density at radius 1 is 1.67 bits per heavy atom. The van der Waals surface area contributed by atoms with Gasteiger partial charge in [-0.2, -0.15) is 0 Å². The summed E-state index contributed by atoms with van der Waals surface area (Å²) in [5.41, 5.74) is -0.315. The Bertz CT molecular complexity index is 153. The van der Waals surface area contributed by atoms with Crippen LogP contribution in [0.2, 0.25) is 0 Å². The van der Waals surface area contributed by atoms with Gasteiger partial charge in [-0.1, -0.05) is 5.16 Å². The Morgan fingerprint density at radius 2 is 2.22 bits per heavy atom. The standard InChI is InChI=1S/C6H10FNO/c1-4-5(7)6(2,3)9-8-4/h5H,1-3H3. The summed E-state index contributed by atoms with van der Waals surface area (Å²) in [6.45, 7) is 4.98. The molecule has 0 aliphatic carbocycles. The minimum atomic E-state index is -1.04. The first-order chi connectivity index (χ1) is 4.04. The second-order valence-electron chi connectivity index (χ2n) is 2.79. The van der Waals surface area contributed by atoms with Crippen molar-refractivity contribution in [3.8, 4) is 0 Å². The molecule has 1 unspecified atom stereocenters. The minimum absolute atomic E-state index is 0.431. The lowest BCUT2D eigenvalue weighted by Crippen LogP contribution is -2.33. The van der Waals surface area contributed by atoms with E-state index in [4.69, 9.17) is 4.84 Å². The normalized spacial score (nSPS) is 31.6. The highest BCUT2D eigenvalue weighted by atomic mass is 19.1. The fourth-order valence-electron chi connectivity index (χ4n) is 0.785. The van der Waals surface area contributed by atoms with Gasteiger partial charge in [0, 0.05) is 0 Å². The smallest absolute Gasteiger partial charge is 0.182 e. The molecule has 0 aromatic heterocycles. The van der Waals surface area contributed by atoms with E-state index in [0.29, 0.717) is 5.71 Å². The molecule has 0 bridgehead atoms. The van der Waals surface area contributed by atoms with Crippen LogP contribution in [-0.2, 0) is 4.84 Å². The SMILES string of the molecule is CC1=NOC(C)(C)C1F. The second-order valence-corrected chi connectivity index (χ2v) is 2.79. The maximum absolute atomic E-state index is 12.8. The molecule has 0 radical (unpaired) electrons. The minimum Gasteiger partial charge on any atom is -0.386 e. The van der Waals surface area contributed by atoms with Gasteiger partial charge in [-0.15, -0.1) is 0 Å². The summed E-state index contributed by atoms with van der Waals surface area (Å²) in [5, 5.41) is 3.51. The van der Waals surface area contributed by atoms with E-state index in [2.05, 4.69) is 5.16 Å². The predicted molar refractivity (Wildman–Crippen MR) is 33.2 cm³/mol. The van der Waals surface area contributed by atoms with E-state index in [1.54, 1.807) is 20.8 Å². The molecule has 0 amide bonds. The third-order valence-electron chi connectivity index (χ3n) is 1.40. The van der Waals surface area contributed by atoms with E-state index < -0.39 is 11.8 Å². The monoisotopic (exact) mass is 131 g/mol. The highest BCUT2D eigenvalue weighted by Gasteiger charge is 2.39. The van der Waals surface area contributed by atoms with Crippen molar-refractivity contribution in [3.05, 3.63) is 0 Å². The van der Waals surface area contributed by atoms with Crippen molar-refractivity contribution in [1.82, 2.24) is 0 Å². The molecule has 0 fully saturated rings. The van der Waals surface area contributed by atoms with Crippen LogP contribution in [0.25, 0.3) is 0 Å². The maximum Gasteiger partial charge on any atom is 0.182 e. The lowest BCUT2D eigenvalue weighted by molar-refractivity contribution is -0.0233. The third kappa shape index (κ3) is 0.910. The van der Waals surface area contributed by atoms with Crippen LogP contribution in [0.1, 0.15) is 20.8 Å². The van der Waals surface area contributed by atoms with Gasteiger partial charge in [-0.05, 0) is 20.8 Å². The average molecular weight is 131 g/mol. The zero-order valence-corrected chi connectivity index (χ0v) is 5.81. The third-order valence-corrected chi connectivity index (χ3v) is 1.40. The zero-order chi connectivity index (χ0) is 7.07. The first kappa shape index (κ1) is 6.52. The van der Waals surface area contributed by atoms with Gasteiger partial charge in [0.15, 0.2) is 11.8 Å². The average Bonchev–Trinajstić information content (AvgIpc) is 1.97. The largest absolute Gasteiger partial charge is 0.386 e. The van der Waals surface area contributed by atoms with Crippen molar-refractivity contribution in [2.75, 3.05) is 0 Å². The lowest BCUT2D eigenvalue weighted by atomic mass is 10.0. The van der Waals surface area contributed by atoms with E-state index in [-0.39, 0.29) is 0 Å². The van der Waals surface area contributed by atoms with Gasteiger partial charge in [0.05, 0.1) is 5.71 Å². The van der Waals surface area contributed by atoms with E-state index in [1.807, 2.05) is 0 Å². The van der Waals surface area contributed by atoms with Crippen molar-refractivity contribution in [2.24, 2.45) is 5.16 Å².